The maximum atomic E-state index is 5.79. The maximum absolute atomic E-state index is 5.79. The number of likely N-dealkylation sites (tertiary alicyclic amines) is 1. The van der Waals surface area contributed by atoms with Gasteiger partial charge in [0, 0.05) is 75.7 Å². The third-order valence-corrected chi connectivity index (χ3v) is 7.38. The molecule has 0 saturated carbocycles. The van der Waals surface area contributed by atoms with Crippen molar-refractivity contribution in [3.05, 3.63) is 60.7 Å². The fraction of sp³-hybridized carbons (Fsp3) is 0.517. The smallest absolute Gasteiger partial charge is 0.237 e. The van der Waals surface area contributed by atoms with Gasteiger partial charge >= 0.3 is 0 Å². The first kappa shape index (κ1) is 27.1. The van der Waals surface area contributed by atoms with Crippen molar-refractivity contribution < 1.29 is 9.47 Å². The molecule has 1 aromatic carbocycles. The van der Waals surface area contributed by atoms with E-state index in [1.165, 1.54) is 5.56 Å². The van der Waals surface area contributed by atoms with Crippen LogP contribution in [0.4, 0.5) is 11.9 Å². The van der Waals surface area contributed by atoms with Crippen LogP contribution in [0.1, 0.15) is 45.1 Å². The Morgan fingerprint density at radius 3 is 1.87 bits per heavy atom. The molecule has 208 valence electrons. The van der Waals surface area contributed by atoms with Gasteiger partial charge < -0.3 is 14.4 Å². The van der Waals surface area contributed by atoms with Crippen molar-refractivity contribution in [2.75, 3.05) is 49.7 Å². The lowest BCUT2D eigenvalue weighted by Gasteiger charge is -2.45. The molecule has 10 heteroatoms. The highest BCUT2D eigenvalue weighted by Gasteiger charge is 2.33. The molecule has 39 heavy (non-hydrogen) atoms. The standard InChI is InChI=1S/C29H40N8O2/c1-3-38-26-19-23(20-27(21-26)39-4-2)22-35-15-7-24(8-16-35)37(29-32-13-6-14-33-29)25-9-17-36(18-10-25)34-28-30-11-5-12-31-28/h5-6,11-14,19-21,24-25H,3-4,7-10,15-18,22H2,1-2H3,(H,30,31,34). The second kappa shape index (κ2) is 13.5. The van der Waals surface area contributed by atoms with Gasteiger partial charge in [0.1, 0.15) is 11.5 Å². The molecule has 0 bridgehead atoms. The highest BCUT2D eigenvalue weighted by molar-refractivity contribution is 5.39. The van der Waals surface area contributed by atoms with Crippen LogP contribution in [0.25, 0.3) is 0 Å². The van der Waals surface area contributed by atoms with E-state index in [-0.39, 0.29) is 0 Å². The molecule has 3 aromatic rings. The zero-order valence-electron chi connectivity index (χ0n) is 23.1. The molecule has 2 aliphatic rings. The summed E-state index contributed by atoms with van der Waals surface area (Å²) in [6.07, 6.45) is 11.5. The van der Waals surface area contributed by atoms with Crippen LogP contribution in [-0.4, -0.2) is 81.3 Å². The molecule has 0 atom stereocenters. The van der Waals surface area contributed by atoms with E-state index in [1.807, 2.05) is 44.4 Å². The Balaban J connectivity index is 1.21. The summed E-state index contributed by atoms with van der Waals surface area (Å²) in [6.45, 7) is 10.1. The third kappa shape index (κ3) is 7.33. The number of hydrazine groups is 1. The highest BCUT2D eigenvalue weighted by atomic mass is 16.5. The molecule has 4 heterocycles. The largest absolute Gasteiger partial charge is 0.494 e. The highest BCUT2D eigenvalue weighted by Crippen LogP contribution is 2.29. The SMILES string of the molecule is CCOc1cc(CN2CCC(N(c3ncccn3)C3CCN(Nc4ncccn4)CC3)CC2)cc(OCC)c1. The summed E-state index contributed by atoms with van der Waals surface area (Å²) < 4.78 is 11.6. The van der Waals surface area contributed by atoms with Gasteiger partial charge in [-0.1, -0.05) is 0 Å². The average molecular weight is 533 g/mol. The molecule has 0 amide bonds. The number of aromatic nitrogens is 4. The van der Waals surface area contributed by atoms with Crippen LogP contribution in [0, 0.1) is 0 Å². The number of hydrogen-bond donors (Lipinski definition) is 1. The Kier molecular flexibility index (Phi) is 9.39. The lowest BCUT2D eigenvalue weighted by atomic mass is 9.97. The van der Waals surface area contributed by atoms with E-state index >= 15 is 0 Å². The number of hydrogen-bond acceptors (Lipinski definition) is 10. The molecule has 0 spiro atoms. The van der Waals surface area contributed by atoms with Crippen molar-refractivity contribution in [1.82, 2.24) is 29.8 Å². The maximum Gasteiger partial charge on any atom is 0.237 e. The Hall–Kier alpha value is -3.50. The molecule has 10 nitrogen and oxygen atoms in total. The van der Waals surface area contributed by atoms with Gasteiger partial charge in [-0.15, -0.1) is 0 Å². The Morgan fingerprint density at radius 1 is 0.769 bits per heavy atom. The summed E-state index contributed by atoms with van der Waals surface area (Å²) in [7, 11) is 0. The van der Waals surface area contributed by atoms with Crippen LogP contribution >= 0.6 is 0 Å². The number of rotatable bonds is 11. The monoisotopic (exact) mass is 532 g/mol. The van der Waals surface area contributed by atoms with Crippen LogP contribution in [0.15, 0.2) is 55.1 Å². The van der Waals surface area contributed by atoms with E-state index in [4.69, 9.17) is 9.47 Å². The number of piperidine rings is 2. The van der Waals surface area contributed by atoms with E-state index in [0.717, 1.165) is 75.9 Å². The third-order valence-electron chi connectivity index (χ3n) is 7.38. The van der Waals surface area contributed by atoms with E-state index in [9.17, 15) is 0 Å². The van der Waals surface area contributed by atoms with Crippen molar-refractivity contribution in [3.63, 3.8) is 0 Å². The van der Waals surface area contributed by atoms with Gasteiger partial charge in [0.05, 0.1) is 13.2 Å². The van der Waals surface area contributed by atoms with Gasteiger partial charge in [-0.3, -0.25) is 10.3 Å². The summed E-state index contributed by atoms with van der Waals surface area (Å²) >= 11 is 0. The normalized spacial score (nSPS) is 17.6. The minimum absolute atomic E-state index is 0.398. The molecule has 0 radical (unpaired) electrons. The van der Waals surface area contributed by atoms with Gasteiger partial charge in [0.2, 0.25) is 11.9 Å². The van der Waals surface area contributed by atoms with Crippen LogP contribution in [-0.2, 0) is 6.54 Å². The molecule has 1 N–H and O–H groups in total. The Bertz CT molecular complexity index is 1110. The summed E-state index contributed by atoms with van der Waals surface area (Å²) in [5, 5.41) is 2.21. The van der Waals surface area contributed by atoms with Crippen molar-refractivity contribution >= 4 is 11.9 Å². The molecule has 2 aliphatic heterocycles. The first-order valence-electron chi connectivity index (χ1n) is 14.2. The van der Waals surface area contributed by atoms with E-state index < -0.39 is 0 Å². The zero-order valence-corrected chi connectivity index (χ0v) is 23.1. The van der Waals surface area contributed by atoms with Crippen molar-refractivity contribution in [2.24, 2.45) is 0 Å². The predicted octanol–water partition coefficient (Wildman–Crippen LogP) is 4.03. The first-order valence-corrected chi connectivity index (χ1v) is 14.2. The van der Waals surface area contributed by atoms with Gasteiger partial charge in [-0.25, -0.2) is 24.9 Å². The second-order valence-corrected chi connectivity index (χ2v) is 10.0. The number of anilines is 2. The Labute approximate surface area is 231 Å². The number of nitrogens with one attached hydrogen (secondary N) is 1. The van der Waals surface area contributed by atoms with Gasteiger partial charge in [-0.2, -0.15) is 0 Å². The molecule has 0 unspecified atom stereocenters. The summed E-state index contributed by atoms with van der Waals surface area (Å²) in [5.74, 6) is 3.24. The molecule has 2 aromatic heterocycles. The Morgan fingerprint density at radius 2 is 1.31 bits per heavy atom. The molecule has 0 aliphatic carbocycles. The van der Waals surface area contributed by atoms with Crippen LogP contribution in [0.3, 0.4) is 0 Å². The average Bonchev–Trinajstić information content (AvgIpc) is 2.96. The minimum atomic E-state index is 0.398. The van der Waals surface area contributed by atoms with E-state index in [1.54, 1.807) is 12.4 Å². The minimum Gasteiger partial charge on any atom is -0.494 e. The van der Waals surface area contributed by atoms with Crippen molar-refractivity contribution in [1.29, 1.82) is 0 Å². The molecule has 2 fully saturated rings. The molecular formula is C29H40N8O2. The first-order chi connectivity index (χ1) is 19.2. The van der Waals surface area contributed by atoms with Crippen molar-refractivity contribution in [3.8, 4) is 11.5 Å². The topological polar surface area (TPSA) is 91.8 Å². The number of nitrogens with zero attached hydrogens (tertiary/aromatic N) is 7. The summed E-state index contributed by atoms with van der Waals surface area (Å²) in [4.78, 5) is 23.0. The van der Waals surface area contributed by atoms with Crippen LogP contribution in [0.5, 0.6) is 11.5 Å². The quantitative estimate of drug-likeness (QED) is 0.390. The molecule has 2 saturated heterocycles. The van der Waals surface area contributed by atoms with Crippen molar-refractivity contribution in [2.45, 2.75) is 58.2 Å². The predicted molar refractivity (Wildman–Crippen MR) is 152 cm³/mol. The van der Waals surface area contributed by atoms with Gasteiger partial charge in [0.15, 0.2) is 0 Å². The van der Waals surface area contributed by atoms with Crippen LogP contribution < -0.4 is 19.8 Å². The fourth-order valence-corrected chi connectivity index (χ4v) is 5.64. The molecular weight excluding hydrogens is 492 g/mol. The van der Waals surface area contributed by atoms with E-state index in [0.29, 0.717) is 31.2 Å². The fourth-order valence-electron chi connectivity index (χ4n) is 5.64. The summed E-state index contributed by atoms with van der Waals surface area (Å²) in [5.41, 5.74) is 4.58. The van der Waals surface area contributed by atoms with Gasteiger partial charge in [-0.05, 0) is 69.4 Å². The second-order valence-electron chi connectivity index (χ2n) is 10.0. The lowest BCUT2D eigenvalue weighted by Crippen LogP contribution is -2.53. The zero-order chi connectivity index (χ0) is 26.9. The lowest BCUT2D eigenvalue weighted by molar-refractivity contribution is 0.183. The van der Waals surface area contributed by atoms with E-state index in [2.05, 4.69) is 52.3 Å². The molecule has 5 rings (SSSR count). The van der Waals surface area contributed by atoms with Crippen LogP contribution in [0.2, 0.25) is 0 Å². The number of ether oxygens (including phenoxy) is 2. The van der Waals surface area contributed by atoms with Gasteiger partial charge in [0.25, 0.3) is 0 Å². The summed E-state index contributed by atoms with van der Waals surface area (Å²) in [6, 6.07) is 10.8. The number of benzene rings is 1.